The lowest BCUT2D eigenvalue weighted by atomic mass is 10.1. The van der Waals surface area contributed by atoms with Gasteiger partial charge in [-0.15, -0.1) is 5.10 Å². The fourth-order valence-corrected chi connectivity index (χ4v) is 4.73. The number of aromatic nitrogens is 5. The molecule has 0 bridgehead atoms. The SMILES string of the molecule is C[C@H](NC(=O)c1c(N)nn2cccnc12)c1nc2cccc(/C=C/c3ccccc3)c2c(=O)n1-c1ccccc1. The molecule has 0 aliphatic carbocycles. The fourth-order valence-electron chi connectivity index (χ4n) is 4.73. The molecule has 0 spiro atoms. The van der Waals surface area contributed by atoms with Crippen LogP contribution in [-0.4, -0.2) is 30.1 Å². The molecule has 6 rings (SSSR count). The second kappa shape index (κ2) is 10.3. The number of hydrogen-bond acceptors (Lipinski definition) is 6. The molecule has 9 heteroatoms. The molecule has 3 aromatic carbocycles. The summed E-state index contributed by atoms with van der Waals surface area (Å²) in [5.41, 5.74) is 9.26. The van der Waals surface area contributed by atoms with Crippen molar-refractivity contribution in [2.75, 3.05) is 5.73 Å². The van der Waals surface area contributed by atoms with Crippen molar-refractivity contribution in [3.05, 3.63) is 130 Å². The Labute approximate surface area is 229 Å². The molecule has 0 fully saturated rings. The number of carbonyl (C=O) groups excluding carboxylic acids is 1. The number of para-hydroxylation sites is 1. The summed E-state index contributed by atoms with van der Waals surface area (Å²) in [6.07, 6.45) is 7.12. The largest absolute Gasteiger partial charge is 0.381 e. The molecule has 3 N–H and O–H groups in total. The molecular formula is C31H25N7O2. The first-order valence-electron chi connectivity index (χ1n) is 12.7. The van der Waals surface area contributed by atoms with E-state index in [0.717, 1.165) is 11.1 Å². The average molecular weight is 528 g/mol. The summed E-state index contributed by atoms with van der Waals surface area (Å²) in [7, 11) is 0. The number of nitrogen functional groups attached to an aromatic ring is 1. The van der Waals surface area contributed by atoms with E-state index in [1.807, 2.05) is 84.9 Å². The van der Waals surface area contributed by atoms with Gasteiger partial charge in [0.2, 0.25) is 0 Å². The van der Waals surface area contributed by atoms with Crippen LogP contribution in [0, 0.1) is 0 Å². The van der Waals surface area contributed by atoms with Gasteiger partial charge in [-0.3, -0.25) is 14.2 Å². The van der Waals surface area contributed by atoms with Gasteiger partial charge in [0.25, 0.3) is 11.5 Å². The van der Waals surface area contributed by atoms with Gasteiger partial charge in [-0.05, 0) is 42.3 Å². The molecule has 0 aliphatic heterocycles. The summed E-state index contributed by atoms with van der Waals surface area (Å²) in [4.78, 5) is 36.7. The fraction of sp³-hybridized carbons (Fsp3) is 0.0645. The zero-order valence-corrected chi connectivity index (χ0v) is 21.6. The van der Waals surface area contributed by atoms with E-state index in [4.69, 9.17) is 10.7 Å². The molecule has 1 atom stereocenters. The van der Waals surface area contributed by atoms with E-state index in [9.17, 15) is 9.59 Å². The van der Waals surface area contributed by atoms with E-state index in [0.29, 0.717) is 28.1 Å². The van der Waals surface area contributed by atoms with E-state index in [1.54, 1.807) is 36.0 Å². The van der Waals surface area contributed by atoms with Crippen molar-refractivity contribution in [2.45, 2.75) is 13.0 Å². The van der Waals surface area contributed by atoms with Gasteiger partial charge < -0.3 is 11.1 Å². The number of amides is 1. The molecule has 6 aromatic rings. The third-order valence-corrected chi connectivity index (χ3v) is 6.61. The molecule has 0 aliphatic rings. The Morgan fingerprint density at radius 1 is 0.950 bits per heavy atom. The van der Waals surface area contributed by atoms with E-state index < -0.39 is 11.9 Å². The van der Waals surface area contributed by atoms with Crippen LogP contribution < -0.4 is 16.6 Å². The number of fused-ring (bicyclic) bond motifs is 2. The first kappa shape index (κ1) is 24.7. The maximum atomic E-state index is 14.2. The van der Waals surface area contributed by atoms with Crippen molar-refractivity contribution in [3.63, 3.8) is 0 Å². The Bertz CT molecular complexity index is 1940. The molecule has 40 heavy (non-hydrogen) atoms. The van der Waals surface area contributed by atoms with Gasteiger partial charge in [-0.2, -0.15) is 0 Å². The molecule has 196 valence electrons. The molecule has 1 amide bonds. The highest BCUT2D eigenvalue weighted by Gasteiger charge is 2.24. The number of nitrogens with zero attached hydrogens (tertiary/aromatic N) is 5. The second-order valence-electron chi connectivity index (χ2n) is 9.27. The lowest BCUT2D eigenvalue weighted by Gasteiger charge is -2.20. The normalized spacial score (nSPS) is 12.2. The summed E-state index contributed by atoms with van der Waals surface area (Å²) in [5.74, 6) is -0.0263. The van der Waals surface area contributed by atoms with Gasteiger partial charge in [-0.25, -0.2) is 14.5 Å². The van der Waals surface area contributed by atoms with Crippen molar-refractivity contribution in [2.24, 2.45) is 0 Å². The van der Waals surface area contributed by atoms with Gasteiger partial charge in [0, 0.05) is 12.4 Å². The van der Waals surface area contributed by atoms with Gasteiger partial charge >= 0.3 is 0 Å². The molecule has 9 nitrogen and oxygen atoms in total. The zero-order valence-electron chi connectivity index (χ0n) is 21.6. The number of benzene rings is 3. The summed E-state index contributed by atoms with van der Waals surface area (Å²) < 4.78 is 3.00. The Morgan fingerprint density at radius 2 is 1.70 bits per heavy atom. The van der Waals surface area contributed by atoms with Crippen molar-refractivity contribution in [3.8, 4) is 5.69 Å². The Kier molecular flexibility index (Phi) is 6.37. The van der Waals surface area contributed by atoms with Crippen LogP contribution in [0.2, 0.25) is 0 Å². The van der Waals surface area contributed by atoms with Gasteiger partial charge in [0.05, 0.1) is 22.6 Å². The molecule has 0 radical (unpaired) electrons. The predicted octanol–water partition coefficient (Wildman–Crippen LogP) is 4.67. The van der Waals surface area contributed by atoms with Crippen LogP contribution in [-0.2, 0) is 0 Å². The Balaban J connectivity index is 1.47. The number of carbonyl (C=O) groups is 1. The van der Waals surface area contributed by atoms with Crippen molar-refractivity contribution < 1.29 is 4.79 Å². The smallest absolute Gasteiger partial charge is 0.266 e. The number of anilines is 1. The Morgan fingerprint density at radius 3 is 2.48 bits per heavy atom. The number of nitrogens with one attached hydrogen (secondary N) is 1. The summed E-state index contributed by atoms with van der Waals surface area (Å²) >= 11 is 0. The van der Waals surface area contributed by atoms with Crippen LogP contribution in [0.5, 0.6) is 0 Å². The third kappa shape index (κ3) is 4.49. The van der Waals surface area contributed by atoms with Crippen molar-refractivity contribution in [1.29, 1.82) is 0 Å². The lowest BCUT2D eigenvalue weighted by molar-refractivity contribution is 0.0940. The maximum absolute atomic E-state index is 14.2. The molecule has 3 heterocycles. The van der Waals surface area contributed by atoms with Crippen LogP contribution >= 0.6 is 0 Å². The molecule has 0 saturated carbocycles. The van der Waals surface area contributed by atoms with Crippen LogP contribution in [0.25, 0.3) is 34.4 Å². The predicted molar refractivity (Wildman–Crippen MR) is 156 cm³/mol. The highest BCUT2D eigenvalue weighted by Crippen LogP contribution is 2.23. The average Bonchev–Trinajstić information content (AvgIpc) is 3.32. The van der Waals surface area contributed by atoms with Crippen LogP contribution in [0.3, 0.4) is 0 Å². The standard InChI is InChI=1S/C31H25N7O2/c1-20(34-30(39)26-27(32)36-37-19-9-18-33-29(26)37)28-35-24-15-8-12-22(17-16-21-10-4-2-5-11-21)25(24)31(40)38(28)23-13-6-3-7-14-23/h2-20H,1H3,(H2,32,36)(H,34,39)/b17-16+/t20-/m0/s1. The summed E-state index contributed by atoms with van der Waals surface area (Å²) in [6, 6.07) is 25.7. The van der Waals surface area contributed by atoms with Crippen LogP contribution in [0.15, 0.2) is 102 Å². The van der Waals surface area contributed by atoms with Crippen LogP contribution in [0.1, 0.15) is 40.3 Å². The lowest BCUT2D eigenvalue weighted by Crippen LogP contribution is -2.33. The molecule has 0 unspecified atom stereocenters. The van der Waals surface area contributed by atoms with Gasteiger partial charge in [-0.1, -0.05) is 72.8 Å². The third-order valence-electron chi connectivity index (χ3n) is 6.61. The minimum Gasteiger partial charge on any atom is -0.381 e. The topological polar surface area (TPSA) is 120 Å². The van der Waals surface area contributed by atoms with Gasteiger partial charge in [0.1, 0.15) is 11.4 Å². The van der Waals surface area contributed by atoms with E-state index in [-0.39, 0.29) is 16.9 Å². The minimum absolute atomic E-state index is 0.0603. The first-order chi connectivity index (χ1) is 19.5. The number of rotatable bonds is 6. The van der Waals surface area contributed by atoms with Crippen molar-refractivity contribution in [1.82, 2.24) is 29.5 Å². The van der Waals surface area contributed by atoms with E-state index in [2.05, 4.69) is 15.4 Å². The summed E-state index contributed by atoms with van der Waals surface area (Å²) in [5, 5.41) is 7.61. The molecule has 3 aromatic heterocycles. The van der Waals surface area contributed by atoms with Crippen molar-refractivity contribution >= 4 is 40.4 Å². The van der Waals surface area contributed by atoms with E-state index >= 15 is 0 Å². The van der Waals surface area contributed by atoms with Crippen LogP contribution in [0.4, 0.5) is 5.82 Å². The zero-order chi connectivity index (χ0) is 27.6. The highest BCUT2D eigenvalue weighted by molar-refractivity contribution is 6.04. The maximum Gasteiger partial charge on any atom is 0.266 e. The number of nitrogens with two attached hydrogens (primary N) is 1. The first-order valence-corrected chi connectivity index (χ1v) is 12.7. The summed E-state index contributed by atoms with van der Waals surface area (Å²) in [6.45, 7) is 1.78. The molecule has 0 saturated heterocycles. The van der Waals surface area contributed by atoms with Gasteiger partial charge in [0.15, 0.2) is 11.5 Å². The molecular weight excluding hydrogens is 502 g/mol. The minimum atomic E-state index is -0.661. The van der Waals surface area contributed by atoms with E-state index in [1.165, 1.54) is 4.52 Å². The number of hydrogen-bond donors (Lipinski definition) is 2. The quantitative estimate of drug-likeness (QED) is 0.304. The highest BCUT2D eigenvalue weighted by atomic mass is 16.2. The Hall–Kier alpha value is -5.57. The monoisotopic (exact) mass is 527 g/mol. The second-order valence-corrected chi connectivity index (χ2v) is 9.27.